The number of benzene rings is 1. The van der Waals surface area contributed by atoms with Gasteiger partial charge in [0.15, 0.2) is 0 Å². The molecular weight excluding hydrogens is 434 g/mol. The van der Waals surface area contributed by atoms with Crippen molar-refractivity contribution in [2.24, 2.45) is 5.92 Å². The molecule has 33 heavy (non-hydrogen) atoms. The highest BCUT2D eigenvalue weighted by atomic mass is 32.1. The Morgan fingerprint density at radius 1 is 1.18 bits per heavy atom. The smallest absolute Gasteiger partial charge is 0.227 e. The summed E-state index contributed by atoms with van der Waals surface area (Å²) in [5.74, 6) is 1.01. The maximum absolute atomic E-state index is 13.1. The molecule has 4 rings (SSSR count). The van der Waals surface area contributed by atoms with Gasteiger partial charge in [-0.1, -0.05) is 18.2 Å². The number of piperidine rings is 1. The Hall–Kier alpha value is -3.00. The quantitative estimate of drug-likeness (QED) is 0.579. The minimum Gasteiger partial charge on any atom is -0.356 e. The van der Waals surface area contributed by atoms with Gasteiger partial charge >= 0.3 is 0 Å². The molecular formula is C25H31N5O2S. The van der Waals surface area contributed by atoms with Crippen LogP contribution in [0.1, 0.15) is 42.7 Å². The second kappa shape index (κ2) is 9.87. The van der Waals surface area contributed by atoms with Gasteiger partial charge in [0.2, 0.25) is 11.8 Å². The van der Waals surface area contributed by atoms with Crippen molar-refractivity contribution in [3.63, 3.8) is 0 Å². The number of amides is 2. The Morgan fingerprint density at radius 3 is 2.61 bits per heavy atom. The second-order valence-corrected chi connectivity index (χ2v) is 9.80. The highest BCUT2D eigenvalue weighted by Gasteiger charge is 2.28. The van der Waals surface area contributed by atoms with Gasteiger partial charge in [-0.25, -0.2) is 9.97 Å². The predicted molar refractivity (Wildman–Crippen MR) is 134 cm³/mol. The van der Waals surface area contributed by atoms with E-state index in [2.05, 4.69) is 34.0 Å². The minimum atomic E-state index is -0.0490. The number of carbonyl (C=O) groups is 2. The first-order chi connectivity index (χ1) is 15.9. The number of nitrogens with zero attached hydrogens (tertiary/aromatic N) is 4. The van der Waals surface area contributed by atoms with E-state index >= 15 is 0 Å². The zero-order valence-electron chi connectivity index (χ0n) is 19.7. The number of carbonyl (C=O) groups excluding carboxylic acids is 2. The van der Waals surface area contributed by atoms with E-state index < -0.39 is 0 Å². The van der Waals surface area contributed by atoms with Crippen LogP contribution in [-0.4, -0.2) is 46.3 Å². The van der Waals surface area contributed by atoms with Crippen LogP contribution >= 0.6 is 11.3 Å². The molecule has 3 aromatic rings. The molecule has 1 aromatic carbocycles. The highest BCUT2D eigenvalue weighted by molar-refractivity contribution is 7.18. The summed E-state index contributed by atoms with van der Waals surface area (Å²) < 4.78 is 0. The summed E-state index contributed by atoms with van der Waals surface area (Å²) in [5, 5.41) is 4.27. The third-order valence-corrected chi connectivity index (χ3v) is 7.69. The van der Waals surface area contributed by atoms with Gasteiger partial charge in [0.25, 0.3) is 0 Å². The maximum Gasteiger partial charge on any atom is 0.227 e. The molecule has 0 radical (unpaired) electrons. The van der Waals surface area contributed by atoms with Crippen molar-refractivity contribution in [1.29, 1.82) is 0 Å². The summed E-state index contributed by atoms with van der Waals surface area (Å²) in [4.78, 5) is 40.3. The fraction of sp³-hybridized carbons (Fsp3) is 0.440. The summed E-state index contributed by atoms with van der Waals surface area (Å²) in [6.45, 7) is 10.5. The molecule has 0 bridgehead atoms. The van der Waals surface area contributed by atoms with Crippen LogP contribution in [-0.2, 0) is 16.1 Å². The molecule has 0 atom stereocenters. The van der Waals surface area contributed by atoms with Crippen molar-refractivity contribution in [2.75, 3.05) is 29.9 Å². The van der Waals surface area contributed by atoms with Gasteiger partial charge in [-0.05, 0) is 50.8 Å². The normalized spacial score (nSPS) is 14.5. The highest BCUT2D eigenvalue weighted by Crippen LogP contribution is 2.35. The van der Waals surface area contributed by atoms with E-state index in [1.165, 1.54) is 10.4 Å². The lowest BCUT2D eigenvalue weighted by atomic mass is 9.95. The fourth-order valence-electron chi connectivity index (χ4n) is 4.42. The topological polar surface area (TPSA) is 78.4 Å². The third kappa shape index (κ3) is 4.85. The lowest BCUT2D eigenvalue weighted by molar-refractivity contribution is -0.129. The predicted octanol–water partition coefficient (Wildman–Crippen LogP) is 4.53. The molecule has 0 saturated carbocycles. The average molecular weight is 466 g/mol. The third-order valence-electron chi connectivity index (χ3n) is 6.57. The number of rotatable bonds is 6. The van der Waals surface area contributed by atoms with E-state index in [0.717, 1.165) is 53.2 Å². The van der Waals surface area contributed by atoms with Crippen molar-refractivity contribution >= 4 is 44.9 Å². The second-order valence-electron chi connectivity index (χ2n) is 8.60. The number of hydrogen-bond acceptors (Lipinski definition) is 6. The molecule has 174 valence electrons. The van der Waals surface area contributed by atoms with E-state index in [1.807, 2.05) is 31.2 Å². The maximum atomic E-state index is 13.1. The Bertz CT molecular complexity index is 1170. The van der Waals surface area contributed by atoms with Crippen LogP contribution in [0.5, 0.6) is 0 Å². The fourth-order valence-corrected chi connectivity index (χ4v) is 5.41. The number of hydrogen-bond donors (Lipinski definition) is 1. The molecule has 1 fully saturated rings. The Labute approximate surface area is 198 Å². The summed E-state index contributed by atoms with van der Waals surface area (Å²) in [6, 6.07) is 7.73. The molecule has 1 N–H and O–H groups in total. The van der Waals surface area contributed by atoms with Crippen molar-refractivity contribution in [1.82, 2.24) is 14.9 Å². The van der Waals surface area contributed by atoms with Gasteiger partial charge in [-0.15, -0.1) is 11.3 Å². The van der Waals surface area contributed by atoms with Gasteiger partial charge in [0.05, 0.1) is 5.39 Å². The largest absolute Gasteiger partial charge is 0.356 e. The molecule has 8 heteroatoms. The average Bonchev–Trinajstić information content (AvgIpc) is 3.11. The Morgan fingerprint density at radius 2 is 1.91 bits per heavy atom. The summed E-state index contributed by atoms with van der Waals surface area (Å²) in [7, 11) is 0. The number of fused-ring (bicyclic) bond motifs is 1. The molecule has 1 aliphatic heterocycles. The van der Waals surface area contributed by atoms with Crippen LogP contribution in [0.2, 0.25) is 0 Å². The van der Waals surface area contributed by atoms with Gasteiger partial charge in [-0.2, -0.15) is 0 Å². The number of nitrogens with one attached hydrogen (secondary N) is 1. The van der Waals surface area contributed by atoms with Crippen molar-refractivity contribution in [2.45, 2.75) is 47.1 Å². The van der Waals surface area contributed by atoms with Crippen LogP contribution in [0.4, 0.5) is 11.5 Å². The van der Waals surface area contributed by atoms with Gasteiger partial charge in [-0.3, -0.25) is 9.59 Å². The molecule has 3 heterocycles. The van der Waals surface area contributed by atoms with Crippen molar-refractivity contribution in [3.05, 3.63) is 46.6 Å². The number of para-hydroxylation sites is 1. The Kier molecular flexibility index (Phi) is 6.93. The van der Waals surface area contributed by atoms with Crippen LogP contribution in [0.15, 0.2) is 30.6 Å². The van der Waals surface area contributed by atoms with E-state index in [4.69, 9.17) is 0 Å². The van der Waals surface area contributed by atoms with Crippen LogP contribution in [0.3, 0.4) is 0 Å². The molecule has 0 aliphatic carbocycles. The number of thiophene rings is 1. The van der Waals surface area contributed by atoms with Gasteiger partial charge in [0.1, 0.15) is 17.0 Å². The Balaban J connectivity index is 1.43. The first-order valence-electron chi connectivity index (χ1n) is 11.5. The molecule has 0 unspecified atom stereocenters. The lowest BCUT2D eigenvalue weighted by Gasteiger charge is -2.32. The number of anilines is 2. The molecule has 7 nitrogen and oxygen atoms in total. The van der Waals surface area contributed by atoms with Crippen LogP contribution in [0, 0.1) is 19.8 Å². The van der Waals surface area contributed by atoms with E-state index in [-0.39, 0.29) is 17.7 Å². The van der Waals surface area contributed by atoms with Gasteiger partial charge in [0, 0.05) is 49.6 Å². The SMILES string of the molecule is CCN(Cc1ccccc1NC(=O)C1CCN(c2ncnc3sc(C)c(C)c23)CC1)C(C)=O. The van der Waals surface area contributed by atoms with Crippen LogP contribution in [0.25, 0.3) is 10.2 Å². The number of aromatic nitrogens is 2. The van der Waals surface area contributed by atoms with Crippen molar-refractivity contribution < 1.29 is 9.59 Å². The molecule has 2 amide bonds. The summed E-state index contributed by atoms with van der Waals surface area (Å²) >= 11 is 1.71. The lowest BCUT2D eigenvalue weighted by Crippen LogP contribution is -2.39. The first kappa shape index (κ1) is 23.2. The molecule has 1 saturated heterocycles. The van der Waals surface area contributed by atoms with E-state index in [9.17, 15) is 9.59 Å². The molecule has 1 aliphatic rings. The summed E-state index contributed by atoms with van der Waals surface area (Å²) in [5.41, 5.74) is 2.98. The zero-order chi connectivity index (χ0) is 23.5. The molecule has 2 aromatic heterocycles. The monoisotopic (exact) mass is 465 g/mol. The van der Waals surface area contributed by atoms with Gasteiger partial charge < -0.3 is 15.1 Å². The zero-order valence-corrected chi connectivity index (χ0v) is 20.5. The molecule has 0 spiro atoms. The standard InChI is InChI=1S/C25H31N5O2S/c1-5-29(18(4)31)14-20-8-6-7-9-21(20)28-24(32)19-10-12-30(13-11-19)23-22-16(2)17(3)33-25(22)27-15-26-23/h6-9,15,19H,5,10-14H2,1-4H3,(H,28,32). The first-order valence-corrected chi connectivity index (χ1v) is 12.3. The van der Waals surface area contributed by atoms with Crippen molar-refractivity contribution in [3.8, 4) is 0 Å². The van der Waals surface area contributed by atoms with E-state index in [1.54, 1.807) is 29.5 Å². The van der Waals surface area contributed by atoms with E-state index in [0.29, 0.717) is 13.1 Å². The minimum absolute atomic E-state index is 0.0286. The summed E-state index contributed by atoms with van der Waals surface area (Å²) in [6.07, 6.45) is 3.19. The van der Waals surface area contributed by atoms with Crippen LogP contribution < -0.4 is 10.2 Å². The number of aryl methyl sites for hydroxylation is 2.